The predicted octanol–water partition coefficient (Wildman–Crippen LogP) is 0.764. The van der Waals surface area contributed by atoms with Crippen LogP contribution in [0.2, 0.25) is 0 Å². The molecule has 12 heavy (non-hydrogen) atoms. The van der Waals surface area contributed by atoms with E-state index >= 15 is 0 Å². The minimum atomic E-state index is -0.518. The molecule has 0 radical (unpaired) electrons. The second-order valence-corrected chi connectivity index (χ2v) is 2.33. The summed E-state index contributed by atoms with van der Waals surface area (Å²) in [6.07, 6.45) is 2.47. The fourth-order valence-electron chi connectivity index (χ4n) is 0.778. The standard InChI is InChI=1S/C8H14O4/c1-12-8(11)7(6-10)4-2-3-5-9/h6,9-10H,2-5H2,1H3. The first kappa shape index (κ1) is 11.0. The first-order valence-corrected chi connectivity index (χ1v) is 3.78. The summed E-state index contributed by atoms with van der Waals surface area (Å²) < 4.78 is 4.40. The van der Waals surface area contributed by atoms with Crippen molar-refractivity contribution in [3.8, 4) is 0 Å². The van der Waals surface area contributed by atoms with Crippen molar-refractivity contribution >= 4 is 5.97 Å². The number of esters is 1. The highest BCUT2D eigenvalue weighted by atomic mass is 16.5. The minimum Gasteiger partial charge on any atom is -0.515 e. The molecule has 0 aromatic carbocycles. The number of aliphatic hydroxyl groups excluding tert-OH is 2. The van der Waals surface area contributed by atoms with Crippen molar-refractivity contribution in [3.05, 3.63) is 11.8 Å². The molecule has 4 nitrogen and oxygen atoms in total. The van der Waals surface area contributed by atoms with Crippen molar-refractivity contribution in [1.29, 1.82) is 0 Å². The number of methoxy groups -OCH3 is 1. The molecule has 4 heteroatoms. The van der Waals surface area contributed by atoms with E-state index in [-0.39, 0.29) is 12.2 Å². The van der Waals surface area contributed by atoms with E-state index in [1.165, 1.54) is 7.11 Å². The predicted molar refractivity (Wildman–Crippen MR) is 43.7 cm³/mol. The molecule has 0 rings (SSSR count). The van der Waals surface area contributed by atoms with Crippen LogP contribution in [-0.2, 0) is 9.53 Å². The maximum Gasteiger partial charge on any atom is 0.336 e. The Bertz CT molecular complexity index is 162. The van der Waals surface area contributed by atoms with E-state index in [9.17, 15) is 4.79 Å². The number of unbranched alkanes of at least 4 members (excludes halogenated alkanes) is 1. The first-order valence-electron chi connectivity index (χ1n) is 3.78. The van der Waals surface area contributed by atoms with Crippen LogP contribution in [0.3, 0.4) is 0 Å². The molecule has 0 aliphatic rings. The van der Waals surface area contributed by atoms with Gasteiger partial charge in [-0.15, -0.1) is 0 Å². The van der Waals surface area contributed by atoms with Gasteiger partial charge in [-0.2, -0.15) is 0 Å². The van der Waals surface area contributed by atoms with Gasteiger partial charge in [0.1, 0.15) is 0 Å². The minimum absolute atomic E-state index is 0.0971. The van der Waals surface area contributed by atoms with Gasteiger partial charge in [-0.05, 0) is 19.3 Å². The van der Waals surface area contributed by atoms with Crippen LogP contribution in [0, 0.1) is 0 Å². The Morgan fingerprint density at radius 3 is 2.58 bits per heavy atom. The molecule has 0 aliphatic heterocycles. The zero-order valence-electron chi connectivity index (χ0n) is 7.12. The van der Waals surface area contributed by atoms with Crippen LogP contribution in [0.15, 0.2) is 11.8 Å². The Balaban J connectivity index is 3.77. The van der Waals surface area contributed by atoms with Crippen molar-refractivity contribution in [1.82, 2.24) is 0 Å². The van der Waals surface area contributed by atoms with Gasteiger partial charge in [-0.1, -0.05) is 0 Å². The molecule has 0 fully saturated rings. The molecule has 0 aromatic rings. The molecule has 0 amide bonds. The SMILES string of the molecule is COC(=O)C(=CO)CCCCO. The molecule has 0 saturated heterocycles. The van der Waals surface area contributed by atoms with Crippen LogP contribution in [-0.4, -0.2) is 29.9 Å². The van der Waals surface area contributed by atoms with Crippen molar-refractivity contribution < 1.29 is 19.7 Å². The number of aliphatic hydroxyl groups is 2. The number of rotatable bonds is 5. The van der Waals surface area contributed by atoms with E-state index < -0.39 is 5.97 Å². The summed E-state index contributed by atoms with van der Waals surface area (Å²) >= 11 is 0. The number of carbonyl (C=O) groups is 1. The van der Waals surface area contributed by atoms with Crippen LogP contribution in [0.4, 0.5) is 0 Å². The lowest BCUT2D eigenvalue weighted by molar-refractivity contribution is -0.136. The number of hydrogen-bond donors (Lipinski definition) is 2. The molecule has 70 valence electrons. The Labute approximate surface area is 71.5 Å². The second-order valence-electron chi connectivity index (χ2n) is 2.33. The van der Waals surface area contributed by atoms with Crippen LogP contribution in [0.1, 0.15) is 19.3 Å². The van der Waals surface area contributed by atoms with E-state index in [0.29, 0.717) is 19.3 Å². The largest absolute Gasteiger partial charge is 0.515 e. The molecule has 0 atom stereocenters. The van der Waals surface area contributed by atoms with Gasteiger partial charge in [0.25, 0.3) is 0 Å². The number of hydrogen-bond acceptors (Lipinski definition) is 4. The lowest BCUT2D eigenvalue weighted by Gasteiger charge is -2.01. The van der Waals surface area contributed by atoms with E-state index in [1.807, 2.05) is 0 Å². The fourth-order valence-corrected chi connectivity index (χ4v) is 0.778. The van der Waals surface area contributed by atoms with Crippen LogP contribution < -0.4 is 0 Å². The maximum absolute atomic E-state index is 10.8. The fraction of sp³-hybridized carbons (Fsp3) is 0.625. The number of ether oxygens (including phenoxy) is 1. The molecule has 0 unspecified atom stereocenters. The van der Waals surface area contributed by atoms with Gasteiger partial charge in [0.2, 0.25) is 0 Å². The number of carbonyl (C=O) groups excluding carboxylic acids is 1. The molecule has 0 heterocycles. The Hall–Kier alpha value is -1.03. The molecule has 0 aliphatic carbocycles. The molecular formula is C8H14O4. The summed E-state index contributed by atoms with van der Waals surface area (Å²) in [5.74, 6) is -0.518. The smallest absolute Gasteiger partial charge is 0.336 e. The summed E-state index contributed by atoms with van der Waals surface area (Å²) in [4.78, 5) is 10.8. The first-order chi connectivity index (χ1) is 5.76. The normalized spacial score (nSPS) is 11.3. The van der Waals surface area contributed by atoms with Gasteiger partial charge in [-0.3, -0.25) is 0 Å². The highest BCUT2D eigenvalue weighted by Gasteiger charge is 2.08. The molecule has 2 N–H and O–H groups in total. The highest BCUT2D eigenvalue weighted by molar-refractivity contribution is 5.87. The molecular weight excluding hydrogens is 160 g/mol. The molecule has 0 bridgehead atoms. The quantitative estimate of drug-likeness (QED) is 0.279. The second kappa shape index (κ2) is 6.67. The highest BCUT2D eigenvalue weighted by Crippen LogP contribution is 2.07. The van der Waals surface area contributed by atoms with E-state index in [4.69, 9.17) is 10.2 Å². The average Bonchev–Trinajstić information content (AvgIpc) is 2.11. The summed E-state index contributed by atoms with van der Waals surface area (Å²) in [5, 5.41) is 17.1. The summed E-state index contributed by atoms with van der Waals surface area (Å²) in [7, 11) is 1.26. The third-order valence-corrected chi connectivity index (χ3v) is 1.46. The molecule has 0 spiro atoms. The van der Waals surface area contributed by atoms with Gasteiger partial charge in [0.05, 0.1) is 18.9 Å². The summed E-state index contributed by atoms with van der Waals surface area (Å²) in [6, 6.07) is 0. The summed E-state index contributed by atoms with van der Waals surface area (Å²) in [6.45, 7) is 0.0971. The van der Waals surface area contributed by atoms with Crippen molar-refractivity contribution in [2.75, 3.05) is 13.7 Å². The summed E-state index contributed by atoms with van der Waals surface area (Å²) in [5.41, 5.74) is 0.242. The van der Waals surface area contributed by atoms with E-state index in [1.54, 1.807) is 0 Å². The maximum atomic E-state index is 10.8. The zero-order valence-corrected chi connectivity index (χ0v) is 7.12. The van der Waals surface area contributed by atoms with Crippen LogP contribution >= 0.6 is 0 Å². The van der Waals surface area contributed by atoms with E-state index in [0.717, 1.165) is 6.26 Å². The lowest BCUT2D eigenvalue weighted by Crippen LogP contribution is -2.05. The van der Waals surface area contributed by atoms with Crippen LogP contribution in [0.5, 0.6) is 0 Å². The van der Waals surface area contributed by atoms with Crippen molar-refractivity contribution in [3.63, 3.8) is 0 Å². The average molecular weight is 174 g/mol. The topological polar surface area (TPSA) is 66.8 Å². The van der Waals surface area contributed by atoms with Crippen molar-refractivity contribution in [2.45, 2.75) is 19.3 Å². The lowest BCUT2D eigenvalue weighted by atomic mass is 10.1. The monoisotopic (exact) mass is 174 g/mol. The van der Waals surface area contributed by atoms with Crippen LogP contribution in [0.25, 0.3) is 0 Å². The Kier molecular flexibility index (Phi) is 6.09. The molecule has 0 saturated carbocycles. The Morgan fingerprint density at radius 1 is 1.50 bits per heavy atom. The third-order valence-electron chi connectivity index (χ3n) is 1.46. The van der Waals surface area contributed by atoms with E-state index in [2.05, 4.69) is 4.74 Å². The van der Waals surface area contributed by atoms with Gasteiger partial charge in [-0.25, -0.2) is 4.79 Å². The van der Waals surface area contributed by atoms with Gasteiger partial charge in [0, 0.05) is 6.61 Å². The third kappa shape index (κ3) is 3.98. The van der Waals surface area contributed by atoms with Gasteiger partial charge < -0.3 is 14.9 Å². The van der Waals surface area contributed by atoms with Gasteiger partial charge >= 0.3 is 5.97 Å². The zero-order chi connectivity index (χ0) is 9.40. The molecule has 0 aromatic heterocycles. The van der Waals surface area contributed by atoms with Crippen molar-refractivity contribution in [2.24, 2.45) is 0 Å². The Morgan fingerprint density at radius 2 is 2.17 bits per heavy atom. The van der Waals surface area contributed by atoms with Gasteiger partial charge in [0.15, 0.2) is 0 Å².